The second-order valence-corrected chi connectivity index (χ2v) is 10.2. The van der Waals surface area contributed by atoms with Gasteiger partial charge in [0.1, 0.15) is 10.5 Å². The van der Waals surface area contributed by atoms with E-state index in [4.69, 9.17) is 4.74 Å². The fourth-order valence-corrected chi connectivity index (χ4v) is 6.08. The van der Waals surface area contributed by atoms with Crippen LogP contribution in [0.15, 0.2) is 23.1 Å². The van der Waals surface area contributed by atoms with E-state index in [-0.39, 0.29) is 29.5 Å². The van der Waals surface area contributed by atoms with Crippen LogP contribution in [-0.4, -0.2) is 49.3 Å². The minimum Gasteiger partial charge on any atom is -0.462 e. The number of sulfonamides is 1. The maximum Gasteiger partial charge on any atom is 0.341 e. The maximum absolute atomic E-state index is 13.5. The summed E-state index contributed by atoms with van der Waals surface area (Å²) in [7, 11) is -4.00. The van der Waals surface area contributed by atoms with Crippen LogP contribution in [0.3, 0.4) is 0 Å². The van der Waals surface area contributed by atoms with Crippen LogP contribution in [0.4, 0.5) is 5.69 Å². The molecule has 2 aromatic rings. The highest BCUT2D eigenvalue weighted by atomic mass is 32.2. The monoisotopic (exact) mass is 461 g/mol. The Morgan fingerprint density at radius 2 is 1.91 bits per heavy atom. The topological polar surface area (TPSA) is 109 Å². The van der Waals surface area contributed by atoms with Gasteiger partial charge in [-0.3, -0.25) is 4.79 Å². The molecule has 2 N–H and O–H groups in total. The number of aromatic amines is 1. The normalized spacial score (nSPS) is 17.2. The molecule has 8 nitrogen and oxygen atoms in total. The molecule has 0 spiro atoms. The molecule has 0 radical (unpaired) electrons. The van der Waals surface area contributed by atoms with Crippen LogP contribution in [0.1, 0.15) is 52.6 Å². The van der Waals surface area contributed by atoms with Crippen molar-refractivity contribution in [3.63, 3.8) is 0 Å². The summed E-state index contributed by atoms with van der Waals surface area (Å²) in [5.41, 5.74) is 3.57. The van der Waals surface area contributed by atoms with Gasteiger partial charge in [0.2, 0.25) is 15.9 Å². The zero-order chi connectivity index (χ0) is 23.6. The summed E-state index contributed by atoms with van der Waals surface area (Å²) in [5.74, 6) is -1.36. The van der Waals surface area contributed by atoms with Crippen LogP contribution >= 0.6 is 0 Å². The molecule has 1 atom stereocenters. The second kappa shape index (κ2) is 9.46. The first kappa shape index (κ1) is 24.0. The molecule has 1 aromatic carbocycles. The van der Waals surface area contributed by atoms with E-state index in [0.717, 1.165) is 16.8 Å². The first-order valence-electron chi connectivity index (χ1n) is 10.8. The van der Waals surface area contributed by atoms with Crippen LogP contribution in [-0.2, 0) is 19.6 Å². The fourth-order valence-electron chi connectivity index (χ4n) is 4.14. The third-order valence-electron chi connectivity index (χ3n) is 5.80. The van der Waals surface area contributed by atoms with Gasteiger partial charge in [-0.25, -0.2) is 13.2 Å². The quantitative estimate of drug-likeness (QED) is 0.641. The SMILES string of the molecule is CCOC(=O)c1c(C)[nH]c(C)c1S(=O)(=O)N1CCC[C@H](C(=O)Nc2cc(C)ccc2C)C1. The maximum atomic E-state index is 13.5. The Hall–Kier alpha value is -2.65. The Balaban J connectivity index is 1.85. The van der Waals surface area contributed by atoms with Crippen LogP contribution in [0.2, 0.25) is 0 Å². The molecule has 9 heteroatoms. The van der Waals surface area contributed by atoms with Crippen molar-refractivity contribution in [1.82, 2.24) is 9.29 Å². The van der Waals surface area contributed by atoms with Gasteiger partial charge in [0.05, 0.1) is 12.5 Å². The first-order valence-corrected chi connectivity index (χ1v) is 12.2. The number of ether oxygens (including phenoxy) is 1. The Labute approximate surface area is 189 Å². The number of carbonyl (C=O) groups excluding carboxylic acids is 2. The molecule has 3 rings (SSSR count). The average molecular weight is 462 g/mol. The van der Waals surface area contributed by atoms with Gasteiger partial charge < -0.3 is 15.0 Å². The summed E-state index contributed by atoms with van der Waals surface area (Å²) in [6, 6.07) is 5.82. The minimum atomic E-state index is -4.00. The molecule has 1 aromatic heterocycles. The molecular weight excluding hydrogens is 430 g/mol. The number of aryl methyl sites for hydroxylation is 4. The van der Waals surface area contributed by atoms with Gasteiger partial charge in [-0.1, -0.05) is 12.1 Å². The lowest BCUT2D eigenvalue weighted by molar-refractivity contribution is -0.120. The number of nitrogens with one attached hydrogen (secondary N) is 2. The van der Waals surface area contributed by atoms with Crippen molar-refractivity contribution in [3.05, 3.63) is 46.3 Å². The van der Waals surface area contributed by atoms with E-state index in [9.17, 15) is 18.0 Å². The summed E-state index contributed by atoms with van der Waals surface area (Å²) >= 11 is 0. The minimum absolute atomic E-state index is 0.0336. The van der Waals surface area contributed by atoms with Crippen molar-refractivity contribution >= 4 is 27.6 Å². The summed E-state index contributed by atoms with van der Waals surface area (Å²) in [6.45, 7) is 9.31. The highest BCUT2D eigenvalue weighted by Crippen LogP contribution is 2.31. The zero-order valence-corrected chi connectivity index (χ0v) is 20.1. The van der Waals surface area contributed by atoms with Crippen LogP contribution < -0.4 is 5.32 Å². The fraction of sp³-hybridized carbons (Fsp3) is 0.478. The third-order valence-corrected chi connectivity index (χ3v) is 7.84. The standard InChI is InChI=1S/C23H31N3O5S/c1-6-31-23(28)20-16(4)24-17(5)21(20)32(29,30)26-11-7-8-18(13-26)22(27)25-19-12-14(2)9-10-15(19)3/h9-10,12,18,24H,6-8,11,13H2,1-5H3,(H,25,27)/t18-/m0/s1. The lowest BCUT2D eigenvalue weighted by Crippen LogP contribution is -2.44. The highest BCUT2D eigenvalue weighted by Gasteiger charge is 2.38. The summed E-state index contributed by atoms with van der Waals surface area (Å²) in [6.07, 6.45) is 1.15. The number of piperidine rings is 1. The van der Waals surface area contributed by atoms with E-state index in [0.29, 0.717) is 30.8 Å². The number of aromatic nitrogens is 1. The van der Waals surface area contributed by atoms with E-state index in [2.05, 4.69) is 10.3 Å². The van der Waals surface area contributed by atoms with Gasteiger partial charge >= 0.3 is 5.97 Å². The summed E-state index contributed by atoms with van der Waals surface area (Å²) in [4.78, 5) is 28.3. The van der Waals surface area contributed by atoms with Gasteiger partial charge in [-0.2, -0.15) is 4.31 Å². The largest absolute Gasteiger partial charge is 0.462 e. The lowest BCUT2D eigenvalue weighted by atomic mass is 9.98. The van der Waals surface area contributed by atoms with Crippen LogP contribution in [0, 0.1) is 33.6 Å². The van der Waals surface area contributed by atoms with Crippen LogP contribution in [0.5, 0.6) is 0 Å². The van der Waals surface area contributed by atoms with Gasteiger partial charge in [-0.05, 0) is 64.7 Å². The van der Waals surface area contributed by atoms with E-state index in [1.54, 1.807) is 20.8 Å². The molecule has 32 heavy (non-hydrogen) atoms. The number of rotatable bonds is 6. The number of hydrogen-bond donors (Lipinski definition) is 2. The molecule has 0 bridgehead atoms. The molecule has 1 aliphatic rings. The van der Waals surface area contributed by atoms with Crippen molar-refractivity contribution in [3.8, 4) is 0 Å². The third kappa shape index (κ3) is 4.73. The van der Waals surface area contributed by atoms with Crippen molar-refractivity contribution in [2.24, 2.45) is 5.92 Å². The van der Waals surface area contributed by atoms with Crippen molar-refractivity contribution in [1.29, 1.82) is 0 Å². The van der Waals surface area contributed by atoms with Gasteiger partial charge in [0.15, 0.2) is 0 Å². The molecular formula is C23H31N3O5S. The van der Waals surface area contributed by atoms with Gasteiger partial charge in [0, 0.05) is 30.2 Å². The molecule has 0 aliphatic carbocycles. The number of H-pyrrole nitrogens is 1. The molecule has 1 amide bonds. The molecule has 2 heterocycles. The number of esters is 1. The lowest BCUT2D eigenvalue weighted by Gasteiger charge is -2.31. The predicted octanol–water partition coefficient (Wildman–Crippen LogP) is 3.46. The van der Waals surface area contributed by atoms with Gasteiger partial charge in [0.25, 0.3) is 0 Å². The average Bonchev–Trinajstić information content (AvgIpc) is 3.05. The van der Waals surface area contributed by atoms with E-state index in [1.807, 2.05) is 32.0 Å². The number of amides is 1. The second-order valence-electron chi connectivity index (χ2n) is 8.31. The molecule has 174 valence electrons. The van der Waals surface area contributed by atoms with E-state index >= 15 is 0 Å². The predicted molar refractivity (Wildman–Crippen MR) is 122 cm³/mol. The van der Waals surface area contributed by atoms with Gasteiger partial charge in [-0.15, -0.1) is 0 Å². The first-order chi connectivity index (χ1) is 15.1. The molecule has 1 saturated heterocycles. The number of carbonyl (C=O) groups is 2. The van der Waals surface area contributed by atoms with Crippen LogP contribution in [0.25, 0.3) is 0 Å². The highest BCUT2D eigenvalue weighted by molar-refractivity contribution is 7.89. The number of hydrogen-bond acceptors (Lipinski definition) is 5. The molecule has 1 fully saturated rings. The Morgan fingerprint density at radius 1 is 1.19 bits per heavy atom. The Bertz CT molecular complexity index is 1140. The van der Waals surface area contributed by atoms with Crippen molar-refractivity contribution in [2.45, 2.75) is 52.4 Å². The Morgan fingerprint density at radius 3 is 2.59 bits per heavy atom. The molecule has 0 unspecified atom stereocenters. The number of nitrogens with zero attached hydrogens (tertiary/aromatic N) is 1. The summed E-state index contributed by atoms with van der Waals surface area (Å²) in [5, 5.41) is 2.95. The molecule has 0 saturated carbocycles. The summed E-state index contributed by atoms with van der Waals surface area (Å²) < 4.78 is 33.5. The van der Waals surface area contributed by atoms with Crippen molar-refractivity contribution in [2.75, 3.05) is 25.0 Å². The number of benzene rings is 1. The Kier molecular flexibility index (Phi) is 7.09. The zero-order valence-electron chi connectivity index (χ0n) is 19.2. The smallest absolute Gasteiger partial charge is 0.341 e. The molecule has 1 aliphatic heterocycles. The van der Waals surface area contributed by atoms with Crippen molar-refractivity contribution < 1.29 is 22.7 Å². The van der Waals surface area contributed by atoms with E-state index < -0.39 is 21.9 Å². The number of anilines is 1. The van der Waals surface area contributed by atoms with E-state index in [1.165, 1.54) is 4.31 Å².